The van der Waals surface area contributed by atoms with Crippen molar-refractivity contribution in [2.24, 2.45) is 0 Å². The highest BCUT2D eigenvalue weighted by molar-refractivity contribution is 7.99. The monoisotopic (exact) mass is 289 g/mol. The number of thioether (sulfide) groups is 1. The first-order valence-electron chi connectivity index (χ1n) is 5.62. The molecule has 102 valence electrons. The summed E-state index contributed by atoms with van der Waals surface area (Å²) < 4.78 is 25.1. The molecule has 0 spiro atoms. The van der Waals surface area contributed by atoms with E-state index in [-0.39, 0.29) is 11.9 Å². The van der Waals surface area contributed by atoms with Crippen LogP contribution in [0.25, 0.3) is 0 Å². The Kier molecular flexibility index (Phi) is 5.65. The second-order valence-corrected chi connectivity index (χ2v) is 7.82. The number of nitrogens with zero attached hydrogens (tertiary/aromatic N) is 1. The first kappa shape index (κ1) is 15.5. The van der Waals surface area contributed by atoms with Crippen molar-refractivity contribution in [1.82, 2.24) is 4.31 Å². The van der Waals surface area contributed by atoms with Crippen LogP contribution in [0.4, 0.5) is 0 Å². The SMILES string of the molecule is CC(CO)SCc1cccc(S(=O)(=O)N(C)C)c1. The third kappa shape index (κ3) is 3.98. The van der Waals surface area contributed by atoms with Crippen LogP contribution in [-0.4, -0.2) is 43.8 Å². The molecule has 0 aromatic heterocycles. The van der Waals surface area contributed by atoms with Gasteiger partial charge in [0.25, 0.3) is 0 Å². The number of sulfonamides is 1. The van der Waals surface area contributed by atoms with Crippen molar-refractivity contribution in [3.05, 3.63) is 29.8 Å². The van der Waals surface area contributed by atoms with Gasteiger partial charge >= 0.3 is 0 Å². The number of rotatable bonds is 6. The van der Waals surface area contributed by atoms with Gasteiger partial charge in [-0.05, 0) is 17.7 Å². The Morgan fingerprint density at radius 2 is 2.06 bits per heavy atom. The lowest BCUT2D eigenvalue weighted by atomic mass is 10.2. The molecule has 0 bridgehead atoms. The lowest BCUT2D eigenvalue weighted by Gasteiger charge is -2.13. The molecule has 1 aromatic rings. The number of benzene rings is 1. The van der Waals surface area contributed by atoms with E-state index >= 15 is 0 Å². The Labute approximate surface area is 113 Å². The molecule has 4 nitrogen and oxygen atoms in total. The van der Waals surface area contributed by atoms with Crippen LogP contribution in [0.5, 0.6) is 0 Å². The summed E-state index contributed by atoms with van der Waals surface area (Å²) in [7, 11) is -0.332. The maximum atomic E-state index is 12.0. The molecule has 1 aromatic carbocycles. The summed E-state index contributed by atoms with van der Waals surface area (Å²) in [6.45, 7) is 2.06. The molecular weight excluding hydrogens is 270 g/mol. The third-order valence-electron chi connectivity index (χ3n) is 2.47. The minimum absolute atomic E-state index is 0.125. The molecule has 0 aliphatic heterocycles. The maximum Gasteiger partial charge on any atom is 0.242 e. The summed E-state index contributed by atoms with van der Waals surface area (Å²) in [6.07, 6.45) is 0. The van der Waals surface area contributed by atoms with Crippen LogP contribution in [0, 0.1) is 0 Å². The van der Waals surface area contributed by atoms with E-state index in [4.69, 9.17) is 5.11 Å². The molecule has 1 atom stereocenters. The molecule has 0 heterocycles. The molecule has 6 heteroatoms. The Bertz CT molecular complexity index is 486. The Balaban J connectivity index is 2.87. The molecule has 0 saturated heterocycles. The summed E-state index contributed by atoms with van der Waals surface area (Å²) in [5.41, 5.74) is 0.947. The van der Waals surface area contributed by atoms with Gasteiger partial charge in [0.1, 0.15) is 0 Å². The number of aliphatic hydroxyl groups is 1. The van der Waals surface area contributed by atoms with Crippen molar-refractivity contribution in [3.63, 3.8) is 0 Å². The second-order valence-electron chi connectivity index (χ2n) is 4.24. The number of hydrogen-bond acceptors (Lipinski definition) is 4. The van der Waals surface area contributed by atoms with Crippen LogP contribution in [0.15, 0.2) is 29.2 Å². The fraction of sp³-hybridized carbons (Fsp3) is 0.500. The van der Waals surface area contributed by atoms with Gasteiger partial charge in [-0.15, -0.1) is 0 Å². The molecule has 0 amide bonds. The third-order valence-corrected chi connectivity index (χ3v) is 5.50. The van der Waals surface area contributed by atoms with Gasteiger partial charge in [0.15, 0.2) is 0 Å². The van der Waals surface area contributed by atoms with Crippen LogP contribution in [-0.2, 0) is 15.8 Å². The van der Waals surface area contributed by atoms with Crippen LogP contribution >= 0.6 is 11.8 Å². The molecule has 0 radical (unpaired) electrons. The largest absolute Gasteiger partial charge is 0.395 e. The van der Waals surface area contributed by atoms with E-state index in [0.29, 0.717) is 10.6 Å². The summed E-state index contributed by atoms with van der Waals surface area (Å²) >= 11 is 1.60. The predicted molar refractivity (Wildman–Crippen MR) is 75.2 cm³/mol. The second kappa shape index (κ2) is 6.56. The summed E-state index contributed by atoms with van der Waals surface area (Å²) in [6, 6.07) is 6.92. The first-order chi connectivity index (χ1) is 8.37. The van der Waals surface area contributed by atoms with Gasteiger partial charge in [-0.25, -0.2) is 12.7 Å². The predicted octanol–water partition coefficient (Wildman–Crippen LogP) is 1.55. The zero-order valence-electron chi connectivity index (χ0n) is 10.8. The molecule has 0 saturated carbocycles. The van der Waals surface area contributed by atoms with Gasteiger partial charge in [0.2, 0.25) is 10.0 Å². The van der Waals surface area contributed by atoms with Gasteiger partial charge in [0, 0.05) is 25.1 Å². The topological polar surface area (TPSA) is 57.6 Å². The fourth-order valence-corrected chi connectivity index (χ4v) is 3.03. The molecule has 18 heavy (non-hydrogen) atoms. The minimum atomic E-state index is -3.37. The van der Waals surface area contributed by atoms with Crippen LogP contribution in [0.3, 0.4) is 0 Å². The van der Waals surface area contributed by atoms with Crippen molar-refractivity contribution < 1.29 is 13.5 Å². The van der Waals surface area contributed by atoms with Crippen molar-refractivity contribution in [2.45, 2.75) is 22.8 Å². The zero-order chi connectivity index (χ0) is 13.8. The van der Waals surface area contributed by atoms with E-state index in [0.717, 1.165) is 5.56 Å². The van der Waals surface area contributed by atoms with Crippen molar-refractivity contribution >= 4 is 21.8 Å². The smallest absolute Gasteiger partial charge is 0.242 e. The minimum Gasteiger partial charge on any atom is -0.395 e. The summed E-state index contributed by atoms with van der Waals surface area (Å²) in [4.78, 5) is 0.308. The molecule has 1 unspecified atom stereocenters. The first-order valence-corrected chi connectivity index (χ1v) is 8.10. The van der Waals surface area contributed by atoms with E-state index in [2.05, 4.69) is 0 Å². The normalized spacial score (nSPS) is 13.8. The van der Waals surface area contributed by atoms with Crippen LogP contribution in [0.1, 0.15) is 12.5 Å². The van der Waals surface area contributed by atoms with Crippen molar-refractivity contribution in [2.75, 3.05) is 20.7 Å². The quantitative estimate of drug-likeness (QED) is 0.863. The molecule has 0 fully saturated rings. The summed E-state index contributed by atoms with van der Waals surface area (Å²) in [5, 5.41) is 9.10. The Morgan fingerprint density at radius 3 is 2.61 bits per heavy atom. The van der Waals surface area contributed by atoms with Crippen molar-refractivity contribution in [3.8, 4) is 0 Å². The van der Waals surface area contributed by atoms with E-state index < -0.39 is 10.0 Å². The van der Waals surface area contributed by atoms with Gasteiger partial charge in [-0.2, -0.15) is 11.8 Å². The number of aliphatic hydroxyl groups excluding tert-OH is 1. The molecule has 1 N–H and O–H groups in total. The van der Waals surface area contributed by atoms with Gasteiger partial charge in [-0.1, -0.05) is 19.1 Å². The Morgan fingerprint density at radius 1 is 1.39 bits per heavy atom. The van der Waals surface area contributed by atoms with Crippen LogP contribution in [0.2, 0.25) is 0 Å². The zero-order valence-corrected chi connectivity index (χ0v) is 12.5. The highest BCUT2D eigenvalue weighted by atomic mass is 32.2. The lowest BCUT2D eigenvalue weighted by molar-refractivity contribution is 0.300. The molecule has 0 aliphatic rings. The lowest BCUT2D eigenvalue weighted by Crippen LogP contribution is -2.22. The number of hydrogen-bond donors (Lipinski definition) is 1. The van der Waals surface area contributed by atoms with E-state index in [1.807, 2.05) is 13.0 Å². The van der Waals surface area contributed by atoms with Gasteiger partial charge < -0.3 is 5.11 Å². The van der Waals surface area contributed by atoms with Gasteiger partial charge in [-0.3, -0.25) is 0 Å². The van der Waals surface area contributed by atoms with Crippen molar-refractivity contribution in [1.29, 1.82) is 0 Å². The highest BCUT2D eigenvalue weighted by Gasteiger charge is 2.17. The van der Waals surface area contributed by atoms with Crippen LogP contribution < -0.4 is 0 Å². The molecule has 0 aliphatic carbocycles. The van der Waals surface area contributed by atoms with E-state index in [1.165, 1.54) is 18.4 Å². The molecule has 1 rings (SSSR count). The maximum absolute atomic E-state index is 12.0. The van der Waals surface area contributed by atoms with E-state index in [1.54, 1.807) is 30.0 Å². The van der Waals surface area contributed by atoms with E-state index in [9.17, 15) is 8.42 Å². The fourth-order valence-electron chi connectivity index (χ4n) is 1.30. The summed E-state index contributed by atoms with van der Waals surface area (Å²) in [5.74, 6) is 0.693. The highest BCUT2D eigenvalue weighted by Crippen LogP contribution is 2.20. The van der Waals surface area contributed by atoms with Gasteiger partial charge in [0.05, 0.1) is 11.5 Å². The Hall–Kier alpha value is -0.560. The average molecular weight is 289 g/mol. The molecular formula is C12H19NO3S2. The standard InChI is InChI=1S/C12H19NO3S2/c1-10(8-14)17-9-11-5-4-6-12(7-11)18(15,16)13(2)3/h4-7,10,14H,8-9H2,1-3H3. The average Bonchev–Trinajstić information content (AvgIpc) is 2.36.